The zero-order valence-corrected chi connectivity index (χ0v) is 7.68. The van der Waals surface area contributed by atoms with Crippen LogP contribution in [-0.2, 0) is 0 Å². The minimum atomic E-state index is 0.402. The van der Waals surface area contributed by atoms with Crippen molar-refractivity contribution in [3.8, 4) is 0 Å². The van der Waals surface area contributed by atoms with Gasteiger partial charge in [0.2, 0.25) is 0 Å². The van der Waals surface area contributed by atoms with E-state index >= 15 is 0 Å². The van der Waals surface area contributed by atoms with Crippen molar-refractivity contribution in [1.29, 1.82) is 0 Å². The Bertz CT molecular complexity index is 303. The summed E-state index contributed by atoms with van der Waals surface area (Å²) < 4.78 is 0. The number of aromatic nitrogens is 1. The van der Waals surface area contributed by atoms with E-state index in [4.69, 9.17) is 5.73 Å². The van der Waals surface area contributed by atoms with Crippen LogP contribution in [0.25, 0.3) is 0 Å². The highest BCUT2D eigenvalue weighted by molar-refractivity contribution is 7.09. The molecule has 2 aliphatic rings. The lowest BCUT2D eigenvalue weighted by Gasteiger charge is -1.88. The van der Waals surface area contributed by atoms with Crippen LogP contribution >= 0.6 is 11.3 Å². The predicted molar refractivity (Wildman–Crippen MR) is 49.4 cm³/mol. The van der Waals surface area contributed by atoms with E-state index in [1.165, 1.54) is 23.5 Å². The summed E-state index contributed by atoms with van der Waals surface area (Å²) in [5.74, 6) is 1.40. The second kappa shape index (κ2) is 2.30. The molecule has 2 atom stereocenters. The Morgan fingerprint density at radius 2 is 2.25 bits per heavy atom. The van der Waals surface area contributed by atoms with Crippen LogP contribution in [0, 0.1) is 0 Å². The molecule has 0 radical (unpaired) electrons. The Morgan fingerprint density at radius 1 is 1.50 bits per heavy atom. The maximum Gasteiger partial charge on any atom is 0.0959 e. The van der Waals surface area contributed by atoms with E-state index in [2.05, 4.69) is 10.4 Å². The van der Waals surface area contributed by atoms with Crippen LogP contribution in [0.15, 0.2) is 5.38 Å². The molecule has 0 aliphatic heterocycles. The summed E-state index contributed by atoms with van der Waals surface area (Å²) in [6.45, 7) is 0. The first-order chi connectivity index (χ1) is 5.84. The van der Waals surface area contributed by atoms with Gasteiger partial charge < -0.3 is 5.73 Å². The maximum absolute atomic E-state index is 5.76. The lowest BCUT2D eigenvalue weighted by Crippen LogP contribution is -2.01. The standard InChI is InChI=1S/C9H12N2S/c10-7-3-6(7)8-4-12-9(11-8)5-1-2-5/h4-7H,1-3,10H2. The summed E-state index contributed by atoms with van der Waals surface area (Å²) in [6.07, 6.45) is 3.85. The first-order valence-corrected chi connectivity index (χ1v) is 5.43. The van der Waals surface area contributed by atoms with E-state index in [-0.39, 0.29) is 0 Å². The normalized spacial score (nSPS) is 33.8. The summed E-state index contributed by atoms with van der Waals surface area (Å²) in [5.41, 5.74) is 7.02. The Labute approximate surface area is 75.8 Å². The number of nitrogens with zero attached hydrogens (tertiary/aromatic N) is 1. The van der Waals surface area contributed by atoms with Crippen molar-refractivity contribution >= 4 is 11.3 Å². The van der Waals surface area contributed by atoms with Crippen molar-refractivity contribution in [3.63, 3.8) is 0 Å². The van der Waals surface area contributed by atoms with Crippen LogP contribution in [0.5, 0.6) is 0 Å². The van der Waals surface area contributed by atoms with Gasteiger partial charge in [0.1, 0.15) is 0 Å². The van der Waals surface area contributed by atoms with Gasteiger partial charge in [-0.2, -0.15) is 0 Å². The van der Waals surface area contributed by atoms with E-state index in [1.807, 2.05) is 11.3 Å². The van der Waals surface area contributed by atoms with E-state index < -0.39 is 0 Å². The molecule has 2 fully saturated rings. The van der Waals surface area contributed by atoms with Crippen LogP contribution < -0.4 is 5.73 Å². The number of hydrogen-bond donors (Lipinski definition) is 1. The third-order valence-corrected chi connectivity index (χ3v) is 3.71. The molecule has 2 saturated carbocycles. The van der Waals surface area contributed by atoms with Crippen molar-refractivity contribution < 1.29 is 0 Å². The Morgan fingerprint density at radius 3 is 2.83 bits per heavy atom. The Kier molecular flexibility index (Phi) is 1.35. The van der Waals surface area contributed by atoms with Crippen LogP contribution in [0.1, 0.15) is 41.8 Å². The van der Waals surface area contributed by atoms with Gasteiger partial charge in [-0.25, -0.2) is 4.98 Å². The van der Waals surface area contributed by atoms with E-state index in [9.17, 15) is 0 Å². The first-order valence-electron chi connectivity index (χ1n) is 4.55. The Balaban J connectivity index is 1.83. The Hall–Kier alpha value is -0.410. The molecule has 1 aromatic heterocycles. The minimum Gasteiger partial charge on any atom is -0.327 e. The quantitative estimate of drug-likeness (QED) is 0.754. The average Bonchev–Trinajstić information content (AvgIpc) is 2.96. The third kappa shape index (κ3) is 1.08. The monoisotopic (exact) mass is 180 g/mol. The molecular formula is C9H12N2S. The molecule has 0 saturated heterocycles. The van der Waals surface area contributed by atoms with E-state index in [1.54, 1.807) is 0 Å². The molecule has 2 N–H and O–H groups in total. The van der Waals surface area contributed by atoms with Crippen LogP contribution in [0.2, 0.25) is 0 Å². The van der Waals surface area contributed by atoms with Gasteiger partial charge >= 0.3 is 0 Å². The summed E-state index contributed by atoms with van der Waals surface area (Å²) in [4.78, 5) is 4.62. The first kappa shape index (κ1) is 7.04. The number of hydrogen-bond acceptors (Lipinski definition) is 3. The van der Waals surface area contributed by atoms with Crippen molar-refractivity contribution in [2.45, 2.75) is 37.1 Å². The number of thiazole rings is 1. The van der Waals surface area contributed by atoms with Gasteiger partial charge in [0.25, 0.3) is 0 Å². The third-order valence-electron chi connectivity index (χ3n) is 2.69. The molecule has 2 aliphatic carbocycles. The average molecular weight is 180 g/mol. The fourth-order valence-corrected chi connectivity index (χ4v) is 2.60. The van der Waals surface area contributed by atoms with E-state index in [0.717, 1.165) is 12.3 Å². The van der Waals surface area contributed by atoms with Gasteiger partial charge in [-0.1, -0.05) is 0 Å². The van der Waals surface area contributed by atoms with Crippen LogP contribution in [0.3, 0.4) is 0 Å². The molecule has 1 aromatic rings. The molecule has 0 amide bonds. The molecule has 1 heterocycles. The van der Waals surface area contributed by atoms with Gasteiger partial charge in [-0.15, -0.1) is 11.3 Å². The molecule has 64 valence electrons. The van der Waals surface area contributed by atoms with Gasteiger partial charge in [0.05, 0.1) is 10.7 Å². The van der Waals surface area contributed by atoms with Gasteiger partial charge in [0.15, 0.2) is 0 Å². The van der Waals surface area contributed by atoms with Crippen LogP contribution in [0.4, 0.5) is 0 Å². The topological polar surface area (TPSA) is 38.9 Å². The highest BCUT2D eigenvalue weighted by Gasteiger charge is 2.37. The van der Waals surface area contributed by atoms with Crippen molar-refractivity contribution in [2.75, 3.05) is 0 Å². The lowest BCUT2D eigenvalue weighted by atomic mass is 10.3. The van der Waals surface area contributed by atoms with Crippen molar-refractivity contribution in [2.24, 2.45) is 5.73 Å². The largest absolute Gasteiger partial charge is 0.327 e. The lowest BCUT2D eigenvalue weighted by molar-refractivity contribution is 0.935. The maximum atomic E-state index is 5.76. The molecule has 0 aromatic carbocycles. The predicted octanol–water partition coefficient (Wildman–Crippen LogP) is 1.84. The fraction of sp³-hybridized carbons (Fsp3) is 0.667. The van der Waals surface area contributed by atoms with Crippen molar-refractivity contribution in [3.05, 3.63) is 16.1 Å². The number of rotatable bonds is 2. The molecule has 2 unspecified atom stereocenters. The molecule has 3 heteroatoms. The van der Waals surface area contributed by atoms with Crippen molar-refractivity contribution in [1.82, 2.24) is 4.98 Å². The van der Waals surface area contributed by atoms with Gasteiger partial charge in [-0.3, -0.25) is 0 Å². The summed E-state index contributed by atoms with van der Waals surface area (Å²) >= 11 is 1.82. The summed E-state index contributed by atoms with van der Waals surface area (Å²) in [7, 11) is 0. The second-order valence-electron chi connectivity index (χ2n) is 3.89. The molecule has 12 heavy (non-hydrogen) atoms. The van der Waals surface area contributed by atoms with Gasteiger partial charge in [-0.05, 0) is 19.3 Å². The second-order valence-corrected chi connectivity index (χ2v) is 4.78. The fourth-order valence-electron chi connectivity index (χ4n) is 1.54. The summed E-state index contributed by atoms with van der Waals surface area (Å²) in [5, 5.41) is 3.55. The van der Waals surface area contributed by atoms with E-state index in [0.29, 0.717) is 12.0 Å². The molecule has 3 rings (SSSR count). The highest BCUT2D eigenvalue weighted by Crippen LogP contribution is 2.45. The molecule has 0 spiro atoms. The number of nitrogens with two attached hydrogens (primary N) is 1. The summed E-state index contributed by atoms with van der Waals surface area (Å²) in [6, 6.07) is 0.402. The molecule has 0 bridgehead atoms. The smallest absolute Gasteiger partial charge is 0.0959 e. The molecular weight excluding hydrogens is 168 g/mol. The molecule has 2 nitrogen and oxygen atoms in total. The SMILES string of the molecule is NC1CC1c1csc(C2CC2)n1. The zero-order chi connectivity index (χ0) is 8.13. The van der Waals surface area contributed by atoms with Gasteiger partial charge in [0, 0.05) is 23.3 Å². The minimum absolute atomic E-state index is 0.402. The van der Waals surface area contributed by atoms with Crippen LogP contribution in [-0.4, -0.2) is 11.0 Å². The highest BCUT2D eigenvalue weighted by atomic mass is 32.1. The zero-order valence-electron chi connectivity index (χ0n) is 6.86.